The molecule has 6 heteroatoms. The van der Waals surface area contributed by atoms with Crippen molar-refractivity contribution in [3.8, 4) is 5.75 Å². The van der Waals surface area contributed by atoms with Gasteiger partial charge in [-0.1, -0.05) is 18.2 Å². The average Bonchev–Trinajstić information content (AvgIpc) is 3.27. The Morgan fingerprint density at radius 2 is 1.90 bits per heavy atom. The maximum absolute atomic E-state index is 11.8. The molecule has 0 saturated carbocycles. The number of nitrogens with one attached hydrogen (secondary N) is 1. The summed E-state index contributed by atoms with van der Waals surface area (Å²) < 4.78 is 10.4. The zero-order chi connectivity index (χ0) is 19.9. The predicted molar refractivity (Wildman–Crippen MR) is 113 cm³/mol. The number of para-hydroxylation sites is 1. The zero-order valence-corrected chi connectivity index (χ0v) is 15.4. The Bertz CT molecular complexity index is 1160. The number of hydrogen-bond donors (Lipinski definition) is 1. The second-order valence-corrected chi connectivity index (χ2v) is 6.09. The van der Waals surface area contributed by atoms with Gasteiger partial charge in [-0.2, -0.15) is 5.10 Å². The molecular weight excluding hydrogens is 366 g/mol. The van der Waals surface area contributed by atoms with Crippen LogP contribution in [0.15, 0.2) is 94.8 Å². The predicted octanol–water partition coefficient (Wildman–Crippen LogP) is 4.89. The van der Waals surface area contributed by atoms with Gasteiger partial charge in [0.2, 0.25) is 0 Å². The summed E-state index contributed by atoms with van der Waals surface area (Å²) in [4.78, 5) is 16.2. The summed E-state index contributed by atoms with van der Waals surface area (Å²) in [7, 11) is 0. The standard InChI is InChI=1S/C23H17N3O3/c27-22(13-12-19-6-3-15-28-19)29-20-10-8-17(9-11-20)16-25-26-21-7-1-4-18-5-2-14-24-23(18)21/h1-16,26H/b13-12-,25-16?. The lowest BCUT2D eigenvalue weighted by molar-refractivity contribution is -0.128. The molecule has 4 aromatic rings. The van der Waals surface area contributed by atoms with Crippen LogP contribution >= 0.6 is 0 Å². The lowest BCUT2D eigenvalue weighted by atomic mass is 10.2. The van der Waals surface area contributed by atoms with Gasteiger partial charge >= 0.3 is 5.97 Å². The van der Waals surface area contributed by atoms with Gasteiger partial charge < -0.3 is 9.15 Å². The number of nitrogens with zero attached hydrogens (tertiary/aromatic N) is 2. The summed E-state index contributed by atoms with van der Waals surface area (Å²) in [6.45, 7) is 0. The SMILES string of the molecule is O=C(/C=C\c1ccco1)Oc1ccc(C=NNc2cccc3cccnc23)cc1. The van der Waals surface area contributed by atoms with Gasteiger partial charge in [0.05, 0.1) is 23.7 Å². The molecule has 0 bridgehead atoms. The molecule has 2 aromatic heterocycles. The van der Waals surface area contributed by atoms with Crippen LogP contribution in [0, 0.1) is 0 Å². The fraction of sp³-hybridized carbons (Fsp3) is 0. The molecule has 0 atom stereocenters. The third-order valence-electron chi connectivity index (χ3n) is 4.06. The summed E-state index contributed by atoms with van der Waals surface area (Å²) in [5, 5.41) is 5.31. The van der Waals surface area contributed by atoms with Crippen molar-refractivity contribution in [2.45, 2.75) is 0 Å². The van der Waals surface area contributed by atoms with Gasteiger partial charge in [-0.15, -0.1) is 0 Å². The molecule has 0 radical (unpaired) electrons. The van der Waals surface area contributed by atoms with Crippen LogP contribution in [0.5, 0.6) is 5.75 Å². The minimum atomic E-state index is -0.479. The van der Waals surface area contributed by atoms with Gasteiger partial charge in [0.1, 0.15) is 11.5 Å². The number of furan rings is 1. The van der Waals surface area contributed by atoms with Crippen LogP contribution in [0.3, 0.4) is 0 Å². The second-order valence-electron chi connectivity index (χ2n) is 6.09. The van der Waals surface area contributed by atoms with E-state index in [0.29, 0.717) is 11.5 Å². The second kappa shape index (κ2) is 8.67. The fourth-order valence-electron chi connectivity index (χ4n) is 2.68. The van der Waals surface area contributed by atoms with Crippen LogP contribution < -0.4 is 10.2 Å². The molecular formula is C23H17N3O3. The quantitative estimate of drug-likeness (QED) is 0.169. The molecule has 4 rings (SSSR count). The van der Waals surface area contributed by atoms with Crippen molar-refractivity contribution in [2.24, 2.45) is 5.10 Å². The number of anilines is 1. The first kappa shape index (κ1) is 18.2. The maximum atomic E-state index is 11.8. The molecule has 0 fully saturated rings. The Balaban J connectivity index is 1.36. The Labute approximate surface area is 167 Å². The van der Waals surface area contributed by atoms with Gasteiger partial charge in [0.15, 0.2) is 0 Å². The van der Waals surface area contributed by atoms with E-state index in [1.54, 1.807) is 42.8 Å². The van der Waals surface area contributed by atoms with Gasteiger partial charge in [-0.3, -0.25) is 10.4 Å². The fourth-order valence-corrected chi connectivity index (χ4v) is 2.68. The molecule has 0 saturated heterocycles. The molecule has 142 valence electrons. The number of carbonyl (C=O) groups excluding carboxylic acids is 1. The van der Waals surface area contributed by atoms with Crippen LogP contribution in [0.2, 0.25) is 0 Å². The van der Waals surface area contributed by atoms with E-state index < -0.39 is 5.97 Å². The van der Waals surface area contributed by atoms with Gasteiger partial charge in [0, 0.05) is 17.7 Å². The number of hydrazone groups is 1. The summed E-state index contributed by atoms with van der Waals surface area (Å²) in [5.74, 6) is 0.554. The Hall–Kier alpha value is -4.19. The van der Waals surface area contributed by atoms with Gasteiger partial charge in [-0.25, -0.2) is 4.79 Å². The lowest BCUT2D eigenvalue weighted by Gasteiger charge is -2.04. The highest BCUT2D eigenvalue weighted by Gasteiger charge is 2.02. The topological polar surface area (TPSA) is 76.7 Å². The molecule has 2 aromatic carbocycles. The molecule has 0 aliphatic heterocycles. The number of fused-ring (bicyclic) bond motifs is 1. The first-order chi connectivity index (χ1) is 14.3. The third-order valence-corrected chi connectivity index (χ3v) is 4.06. The first-order valence-electron chi connectivity index (χ1n) is 8.94. The van der Waals surface area contributed by atoms with Crippen LogP contribution in [0.4, 0.5) is 5.69 Å². The van der Waals surface area contributed by atoms with Crippen LogP contribution in [-0.2, 0) is 4.79 Å². The van der Waals surface area contributed by atoms with Crippen molar-refractivity contribution in [1.82, 2.24) is 4.98 Å². The van der Waals surface area contributed by atoms with E-state index in [0.717, 1.165) is 22.2 Å². The summed E-state index contributed by atoms with van der Waals surface area (Å²) in [6.07, 6.45) is 7.84. The highest BCUT2D eigenvalue weighted by atomic mass is 16.5. The summed E-state index contributed by atoms with van der Waals surface area (Å²) in [5.41, 5.74) is 5.56. The summed E-state index contributed by atoms with van der Waals surface area (Å²) >= 11 is 0. The van der Waals surface area contributed by atoms with Crippen LogP contribution in [0.1, 0.15) is 11.3 Å². The van der Waals surface area contributed by atoms with E-state index in [4.69, 9.17) is 9.15 Å². The monoisotopic (exact) mass is 383 g/mol. The number of hydrogen-bond acceptors (Lipinski definition) is 6. The minimum absolute atomic E-state index is 0.447. The van der Waals surface area contributed by atoms with E-state index >= 15 is 0 Å². The van der Waals surface area contributed by atoms with Gasteiger partial charge in [0.25, 0.3) is 0 Å². The van der Waals surface area contributed by atoms with Crippen molar-refractivity contribution in [3.63, 3.8) is 0 Å². The lowest BCUT2D eigenvalue weighted by Crippen LogP contribution is -2.03. The number of esters is 1. The molecule has 0 aliphatic carbocycles. The van der Waals surface area contributed by atoms with E-state index in [1.807, 2.05) is 42.5 Å². The number of aromatic nitrogens is 1. The Kier molecular flexibility index (Phi) is 5.43. The molecule has 0 aliphatic rings. The highest BCUT2D eigenvalue weighted by molar-refractivity contribution is 5.91. The third kappa shape index (κ3) is 4.75. The van der Waals surface area contributed by atoms with Crippen molar-refractivity contribution in [1.29, 1.82) is 0 Å². The van der Waals surface area contributed by atoms with Crippen molar-refractivity contribution in [2.75, 3.05) is 5.43 Å². The largest absolute Gasteiger partial charge is 0.465 e. The number of ether oxygens (including phenoxy) is 1. The summed E-state index contributed by atoms with van der Waals surface area (Å²) in [6, 6.07) is 20.3. The molecule has 29 heavy (non-hydrogen) atoms. The zero-order valence-electron chi connectivity index (χ0n) is 15.4. The molecule has 6 nitrogen and oxygen atoms in total. The van der Waals surface area contributed by atoms with Crippen molar-refractivity contribution >= 4 is 34.9 Å². The normalized spacial score (nSPS) is 11.3. The first-order valence-corrected chi connectivity index (χ1v) is 8.94. The van der Waals surface area contributed by atoms with E-state index in [9.17, 15) is 4.79 Å². The van der Waals surface area contributed by atoms with Gasteiger partial charge in [-0.05, 0) is 60.2 Å². The van der Waals surface area contributed by atoms with Crippen LogP contribution in [0.25, 0.3) is 17.0 Å². The molecule has 2 heterocycles. The molecule has 0 spiro atoms. The van der Waals surface area contributed by atoms with Crippen molar-refractivity contribution < 1.29 is 13.9 Å². The molecule has 0 unspecified atom stereocenters. The number of rotatable bonds is 6. The van der Waals surface area contributed by atoms with E-state index in [1.165, 1.54) is 12.3 Å². The smallest absolute Gasteiger partial charge is 0.336 e. The maximum Gasteiger partial charge on any atom is 0.336 e. The van der Waals surface area contributed by atoms with E-state index in [-0.39, 0.29) is 0 Å². The molecule has 1 N–H and O–H groups in total. The average molecular weight is 383 g/mol. The number of benzene rings is 2. The Morgan fingerprint density at radius 3 is 2.72 bits per heavy atom. The molecule has 0 amide bonds. The number of pyridine rings is 1. The number of carbonyl (C=O) groups is 1. The van der Waals surface area contributed by atoms with Crippen LogP contribution in [-0.4, -0.2) is 17.2 Å². The Morgan fingerprint density at radius 1 is 1.03 bits per heavy atom. The highest BCUT2D eigenvalue weighted by Crippen LogP contribution is 2.20. The van der Waals surface area contributed by atoms with E-state index in [2.05, 4.69) is 15.5 Å². The minimum Gasteiger partial charge on any atom is -0.465 e. The van der Waals surface area contributed by atoms with Crippen molar-refractivity contribution in [3.05, 3.63) is 96.6 Å².